The van der Waals surface area contributed by atoms with Crippen molar-refractivity contribution in [3.8, 4) is 0 Å². The summed E-state index contributed by atoms with van der Waals surface area (Å²) in [4.78, 5) is 19.3. The van der Waals surface area contributed by atoms with Gasteiger partial charge in [0, 0.05) is 69.4 Å². The van der Waals surface area contributed by atoms with E-state index in [-0.39, 0.29) is 24.3 Å². The molecule has 1 saturated heterocycles. The Morgan fingerprint density at radius 1 is 1.21 bits per heavy atom. The van der Waals surface area contributed by atoms with Gasteiger partial charge in [-0.1, -0.05) is 18.2 Å². The minimum Gasteiger partial charge on any atom is -0.396 e. The summed E-state index contributed by atoms with van der Waals surface area (Å²) >= 11 is 0. The molecule has 0 saturated carbocycles. The third-order valence-electron chi connectivity index (χ3n) is 5.48. The lowest BCUT2D eigenvalue weighted by Gasteiger charge is -2.19. The van der Waals surface area contributed by atoms with Gasteiger partial charge in [-0.25, -0.2) is 0 Å². The van der Waals surface area contributed by atoms with Crippen LogP contribution in [0.15, 0.2) is 61.2 Å². The van der Waals surface area contributed by atoms with Crippen molar-refractivity contribution in [1.29, 1.82) is 0 Å². The number of carbonyl (C=O) groups is 1. The number of aliphatic hydroxyl groups is 1. The van der Waals surface area contributed by atoms with Gasteiger partial charge in [0.1, 0.15) is 0 Å². The number of aromatic nitrogens is 3. The zero-order chi connectivity index (χ0) is 20.2. The highest BCUT2D eigenvalue weighted by molar-refractivity contribution is 5.99. The lowest BCUT2D eigenvalue weighted by Crippen LogP contribution is -2.30. The number of anilines is 1. The van der Waals surface area contributed by atoms with Crippen LogP contribution in [-0.2, 0) is 13.6 Å². The smallest absolute Gasteiger partial charge is 0.255 e. The molecule has 1 aliphatic rings. The molecule has 1 fully saturated rings. The summed E-state index contributed by atoms with van der Waals surface area (Å²) in [6.07, 6.45) is 7.34. The van der Waals surface area contributed by atoms with Crippen LogP contribution < -0.4 is 5.32 Å². The Morgan fingerprint density at radius 3 is 2.79 bits per heavy atom. The van der Waals surface area contributed by atoms with Crippen LogP contribution in [0.3, 0.4) is 0 Å². The van der Waals surface area contributed by atoms with Gasteiger partial charge in [0.2, 0.25) is 0 Å². The van der Waals surface area contributed by atoms with E-state index >= 15 is 0 Å². The topological polar surface area (TPSA) is 83.3 Å². The summed E-state index contributed by atoms with van der Waals surface area (Å²) < 4.78 is 1.76. The quantitative estimate of drug-likeness (QED) is 0.674. The average molecular weight is 391 g/mol. The number of benzene rings is 1. The van der Waals surface area contributed by atoms with E-state index in [1.54, 1.807) is 10.9 Å². The van der Waals surface area contributed by atoms with Crippen molar-refractivity contribution >= 4 is 11.6 Å². The van der Waals surface area contributed by atoms with Crippen LogP contribution >= 0.6 is 0 Å². The van der Waals surface area contributed by atoms with E-state index in [0.717, 1.165) is 16.8 Å². The van der Waals surface area contributed by atoms with Gasteiger partial charge in [-0.3, -0.25) is 14.5 Å². The zero-order valence-electron chi connectivity index (χ0n) is 16.4. The monoisotopic (exact) mass is 391 g/mol. The van der Waals surface area contributed by atoms with Crippen LogP contribution in [0.4, 0.5) is 5.69 Å². The number of likely N-dealkylation sites (tertiary alicyclic amines) is 1. The molecule has 3 heterocycles. The molecule has 1 aromatic carbocycles. The van der Waals surface area contributed by atoms with Crippen molar-refractivity contribution in [2.75, 3.05) is 25.0 Å². The minimum absolute atomic E-state index is 0.0127. The fourth-order valence-electron chi connectivity index (χ4n) is 3.93. The van der Waals surface area contributed by atoms with E-state index in [0.29, 0.717) is 25.2 Å². The van der Waals surface area contributed by atoms with Gasteiger partial charge < -0.3 is 15.3 Å². The molecule has 3 aromatic rings. The lowest BCUT2D eigenvalue weighted by atomic mass is 9.92. The second-order valence-electron chi connectivity index (χ2n) is 7.47. The number of aryl methyl sites for hydroxylation is 1. The summed E-state index contributed by atoms with van der Waals surface area (Å²) in [5, 5.41) is 17.5. The van der Waals surface area contributed by atoms with Crippen LogP contribution in [0.2, 0.25) is 0 Å². The number of carbonyl (C=O) groups excluding carboxylic acids is 1. The molecule has 0 aliphatic carbocycles. The van der Waals surface area contributed by atoms with E-state index in [1.807, 2.05) is 66.9 Å². The van der Waals surface area contributed by atoms with E-state index in [4.69, 9.17) is 0 Å². The van der Waals surface area contributed by atoms with E-state index in [9.17, 15) is 9.90 Å². The minimum atomic E-state index is -0.0240. The number of pyridine rings is 1. The lowest BCUT2D eigenvalue weighted by molar-refractivity contribution is 0.0782. The molecule has 0 spiro atoms. The summed E-state index contributed by atoms with van der Waals surface area (Å²) in [6, 6.07) is 11.4. The molecule has 0 bridgehead atoms. The van der Waals surface area contributed by atoms with Crippen LogP contribution in [0.5, 0.6) is 0 Å². The van der Waals surface area contributed by atoms with Crippen molar-refractivity contribution < 1.29 is 9.90 Å². The molecule has 2 N–H and O–H groups in total. The third-order valence-corrected chi connectivity index (χ3v) is 5.48. The number of nitrogens with one attached hydrogen (secondary N) is 1. The van der Waals surface area contributed by atoms with Gasteiger partial charge in [0.25, 0.3) is 5.91 Å². The molecule has 2 aromatic heterocycles. The largest absolute Gasteiger partial charge is 0.396 e. The molecular weight excluding hydrogens is 366 g/mol. The molecular formula is C22H25N5O2. The van der Waals surface area contributed by atoms with Crippen molar-refractivity contribution in [2.24, 2.45) is 13.0 Å². The summed E-state index contributed by atoms with van der Waals surface area (Å²) in [7, 11) is 1.87. The van der Waals surface area contributed by atoms with Crippen molar-refractivity contribution in [3.63, 3.8) is 0 Å². The van der Waals surface area contributed by atoms with Gasteiger partial charge >= 0.3 is 0 Å². The average Bonchev–Trinajstić information content (AvgIpc) is 3.38. The van der Waals surface area contributed by atoms with Crippen LogP contribution in [0.25, 0.3) is 0 Å². The molecule has 29 heavy (non-hydrogen) atoms. The summed E-state index contributed by atoms with van der Waals surface area (Å²) in [6.45, 7) is 1.75. The van der Waals surface area contributed by atoms with Crippen LogP contribution in [0.1, 0.15) is 27.4 Å². The molecule has 1 amide bonds. The first-order valence-electron chi connectivity index (χ1n) is 9.76. The first-order valence-corrected chi connectivity index (χ1v) is 9.76. The number of aliphatic hydroxyl groups excluding tert-OH is 1. The zero-order valence-corrected chi connectivity index (χ0v) is 16.4. The molecule has 1 aliphatic heterocycles. The highest BCUT2D eigenvalue weighted by atomic mass is 16.3. The second kappa shape index (κ2) is 8.45. The molecule has 150 valence electrons. The Balaban J connectivity index is 1.51. The first-order chi connectivity index (χ1) is 14.2. The van der Waals surface area contributed by atoms with Crippen molar-refractivity contribution in [2.45, 2.75) is 12.5 Å². The second-order valence-corrected chi connectivity index (χ2v) is 7.47. The van der Waals surface area contributed by atoms with Crippen molar-refractivity contribution in [3.05, 3.63) is 77.9 Å². The van der Waals surface area contributed by atoms with E-state index in [1.165, 1.54) is 0 Å². The number of rotatable bonds is 6. The third kappa shape index (κ3) is 4.14. The maximum absolute atomic E-state index is 13.3. The Bertz CT molecular complexity index is 972. The molecule has 7 nitrogen and oxygen atoms in total. The normalized spacial score (nSPS) is 18.8. The van der Waals surface area contributed by atoms with Gasteiger partial charge in [0.05, 0.1) is 11.8 Å². The first kappa shape index (κ1) is 19.1. The number of amides is 1. The van der Waals surface area contributed by atoms with Gasteiger partial charge in [-0.2, -0.15) is 5.10 Å². The van der Waals surface area contributed by atoms with Crippen molar-refractivity contribution in [1.82, 2.24) is 19.7 Å². The molecule has 0 unspecified atom stereocenters. The maximum atomic E-state index is 13.3. The summed E-state index contributed by atoms with van der Waals surface area (Å²) in [5.74, 6) is 0.0796. The molecule has 4 rings (SSSR count). The SMILES string of the molecule is Cn1cc([C@@H]2CN(C(=O)c3ccccc3NCc3cccnc3)C[C@H]2CO)cn1. The molecule has 0 radical (unpaired) electrons. The summed E-state index contributed by atoms with van der Waals surface area (Å²) in [5.41, 5.74) is 3.55. The number of para-hydroxylation sites is 1. The predicted molar refractivity (Wildman–Crippen MR) is 110 cm³/mol. The van der Waals surface area contributed by atoms with Gasteiger partial charge in [-0.05, 0) is 29.3 Å². The standard InChI is InChI=1S/C22H25N5O2/c1-26-12-17(11-25-26)20-14-27(13-18(20)15-28)22(29)19-6-2-3-7-21(19)24-10-16-5-4-8-23-9-16/h2-9,11-12,18,20,24,28H,10,13-15H2,1H3/t18-,20-/m0/s1. The fourth-order valence-corrected chi connectivity index (χ4v) is 3.93. The maximum Gasteiger partial charge on any atom is 0.255 e. The van der Waals surface area contributed by atoms with Gasteiger partial charge in [0.15, 0.2) is 0 Å². The fraction of sp³-hybridized carbons (Fsp3) is 0.318. The van der Waals surface area contributed by atoms with Crippen LogP contribution in [0, 0.1) is 5.92 Å². The number of nitrogens with zero attached hydrogens (tertiary/aromatic N) is 4. The number of hydrogen-bond acceptors (Lipinski definition) is 5. The highest BCUT2D eigenvalue weighted by Gasteiger charge is 2.37. The predicted octanol–water partition coefficient (Wildman–Crippen LogP) is 2.28. The Hall–Kier alpha value is -3.19. The van der Waals surface area contributed by atoms with Gasteiger partial charge in [-0.15, -0.1) is 0 Å². The Morgan fingerprint density at radius 2 is 2.07 bits per heavy atom. The highest BCUT2D eigenvalue weighted by Crippen LogP contribution is 2.33. The molecule has 2 atom stereocenters. The number of hydrogen-bond donors (Lipinski definition) is 2. The van der Waals surface area contributed by atoms with E-state index < -0.39 is 0 Å². The van der Waals surface area contributed by atoms with Crippen LogP contribution in [-0.4, -0.2) is 50.4 Å². The molecule has 7 heteroatoms. The Labute approximate surface area is 170 Å². The van der Waals surface area contributed by atoms with E-state index in [2.05, 4.69) is 15.4 Å². The Kier molecular flexibility index (Phi) is 5.57.